The van der Waals surface area contributed by atoms with E-state index in [1.807, 2.05) is 31.2 Å². The molecule has 170 valence electrons. The molecule has 3 rings (SSSR count). The number of halogens is 1. The molecule has 1 aliphatic heterocycles. The van der Waals surface area contributed by atoms with Crippen LogP contribution in [0.15, 0.2) is 42.0 Å². The number of carbonyl (C=O) groups excluding carboxylic acids is 2. The van der Waals surface area contributed by atoms with Crippen LogP contribution in [0, 0.1) is 6.92 Å². The van der Waals surface area contributed by atoms with Crippen LogP contribution < -0.4 is 4.74 Å². The third-order valence-electron chi connectivity index (χ3n) is 5.64. The number of amides is 1. The number of Topliss-reactive ketones (excluding diaryl/α,β-unsaturated/α-hetero) is 1. The summed E-state index contributed by atoms with van der Waals surface area (Å²) in [4.78, 5) is 27.5. The molecule has 1 heterocycles. The Morgan fingerprint density at radius 3 is 2.38 bits per heavy atom. The summed E-state index contributed by atoms with van der Waals surface area (Å²) >= 11 is 6.31. The highest BCUT2D eigenvalue weighted by Crippen LogP contribution is 2.42. The lowest BCUT2D eigenvalue weighted by Crippen LogP contribution is -2.32. The maximum absolute atomic E-state index is 13.1. The molecule has 1 atom stereocenters. The number of ketones is 1. The smallest absolute Gasteiger partial charge is 0.295 e. The van der Waals surface area contributed by atoms with Crippen molar-refractivity contribution in [2.24, 2.45) is 0 Å². The second-order valence-electron chi connectivity index (χ2n) is 8.13. The van der Waals surface area contributed by atoms with Gasteiger partial charge in [0, 0.05) is 13.7 Å². The Morgan fingerprint density at radius 2 is 1.81 bits per heavy atom. The molecule has 2 aromatic rings. The average molecular weight is 458 g/mol. The lowest BCUT2D eigenvalue weighted by atomic mass is 9.92. The average Bonchev–Trinajstić information content (AvgIpc) is 3.01. The molecule has 0 radical (unpaired) electrons. The molecular formula is C25H28ClNO5. The van der Waals surface area contributed by atoms with E-state index in [2.05, 4.69) is 13.8 Å². The van der Waals surface area contributed by atoms with Gasteiger partial charge < -0.3 is 19.5 Å². The van der Waals surface area contributed by atoms with Crippen LogP contribution in [0.5, 0.6) is 5.75 Å². The van der Waals surface area contributed by atoms with Crippen LogP contribution >= 0.6 is 11.6 Å². The molecule has 0 saturated carbocycles. The van der Waals surface area contributed by atoms with E-state index in [9.17, 15) is 14.7 Å². The largest absolute Gasteiger partial charge is 0.507 e. The van der Waals surface area contributed by atoms with E-state index in [0.717, 1.165) is 16.7 Å². The number of hydrogen-bond donors (Lipinski definition) is 1. The van der Waals surface area contributed by atoms with E-state index in [1.54, 1.807) is 12.1 Å². The second kappa shape index (κ2) is 9.76. The summed E-state index contributed by atoms with van der Waals surface area (Å²) in [6.07, 6.45) is 0. The van der Waals surface area contributed by atoms with E-state index in [-0.39, 0.29) is 35.8 Å². The normalized spacial score (nSPS) is 18.0. The number of methoxy groups -OCH3 is 2. The van der Waals surface area contributed by atoms with Crippen LogP contribution in [-0.4, -0.2) is 49.1 Å². The Morgan fingerprint density at radius 1 is 1.16 bits per heavy atom. The van der Waals surface area contributed by atoms with Gasteiger partial charge in [0.2, 0.25) is 0 Å². The minimum absolute atomic E-state index is 0.00312. The predicted molar refractivity (Wildman–Crippen MR) is 124 cm³/mol. The SMILES string of the molecule is COCCN1C(=O)C(=O)/C(=C(/O)c2cc(C)cc(Cl)c2OC)C1c1ccc(C(C)C)cc1. The van der Waals surface area contributed by atoms with Crippen molar-refractivity contribution >= 4 is 29.1 Å². The first-order valence-electron chi connectivity index (χ1n) is 10.4. The topological polar surface area (TPSA) is 76.1 Å². The Kier molecular flexibility index (Phi) is 7.26. The Bertz CT molecular complexity index is 1060. The van der Waals surface area contributed by atoms with Crippen molar-refractivity contribution in [3.05, 3.63) is 69.2 Å². The minimum atomic E-state index is -0.754. The number of aliphatic hydroxyl groups is 1. The number of nitrogens with zero attached hydrogens (tertiary/aromatic N) is 1. The van der Waals surface area contributed by atoms with Gasteiger partial charge >= 0.3 is 0 Å². The van der Waals surface area contributed by atoms with Gasteiger partial charge in [-0.1, -0.05) is 49.7 Å². The number of hydrogen-bond acceptors (Lipinski definition) is 5. The zero-order chi connectivity index (χ0) is 23.6. The molecule has 1 amide bonds. The standard InChI is InChI=1S/C25H28ClNO5/c1-14(2)16-6-8-17(9-7-16)21-20(23(29)25(30)27(21)10-11-31-4)22(28)18-12-15(3)13-19(26)24(18)32-5/h6-9,12-14,21,28H,10-11H2,1-5H3/b22-20+. The van der Waals surface area contributed by atoms with Gasteiger partial charge in [0.25, 0.3) is 11.7 Å². The lowest BCUT2D eigenvalue weighted by molar-refractivity contribution is -0.140. The van der Waals surface area contributed by atoms with Crippen LogP contribution in [0.4, 0.5) is 0 Å². The quantitative estimate of drug-likeness (QED) is 0.365. The molecule has 1 N–H and O–H groups in total. The second-order valence-corrected chi connectivity index (χ2v) is 8.54. The number of aliphatic hydroxyl groups excluding tert-OH is 1. The van der Waals surface area contributed by atoms with Crippen LogP contribution in [0.25, 0.3) is 5.76 Å². The Hall–Kier alpha value is -2.83. The molecule has 0 aromatic heterocycles. The van der Waals surface area contributed by atoms with E-state index in [1.165, 1.54) is 19.1 Å². The van der Waals surface area contributed by atoms with Gasteiger partial charge in [-0.3, -0.25) is 9.59 Å². The van der Waals surface area contributed by atoms with Crippen molar-refractivity contribution in [3.8, 4) is 5.75 Å². The van der Waals surface area contributed by atoms with Gasteiger partial charge in [-0.15, -0.1) is 0 Å². The van der Waals surface area contributed by atoms with Crippen molar-refractivity contribution in [1.82, 2.24) is 4.90 Å². The summed E-state index contributed by atoms with van der Waals surface area (Å²) in [7, 11) is 2.97. The van der Waals surface area contributed by atoms with Crippen LogP contribution in [0.1, 0.15) is 48.1 Å². The molecule has 1 unspecified atom stereocenters. The first-order chi connectivity index (χ1) is 15.2. The van der Waals surface area contributed by atoms with E-state index < -0.39 is 17.7 Å². The molecule has 2 aromatic carbocycles. The monoisotopic (exact) mass is 457 g/mol. The lowest BCUT2D eigenvalue weighted by Gasteiger charge is -2.25. The molecule has 0 spiro atoms. The van der Waals surface area contributed by atoms with Gasteiger partial charge in [-0.2, -0.15) is 0 Å². The number of aryl methyl sites for hydroxylation is 1. The summed E-state index contributed by atoms with van der Waals surface area (Å²) in [5, 5.41) is 11.6. The van der Waals surface area contributed by atoms with Gasteiger partial charge in [0.05, 0.1) is 35.9 Å². The van der Waals surface area contributed by atoms with E-state index in [0.29, 0.717) is 10.9 Å². The van der Waals surface area contributed by atoms with Gasteiger partial charge in [0.1, 0.15) is 11.5 Å². The molecule has 1 saturated heterocycles. The first-order valence-corrected chi connectivity index (χ1v) is 10.8. The summed E-state index contributed by atoms with van der Waals surface area (Å²) in [6, 6.07) is 10.4. The Labute approximate surface area is 193 Å². The number of rotatable bonds is 7. The Balaban J connectivity index is 2.23. The maximum atomic E-state index is 13.1. The summed E-state index contributed by atoms with van der Waals surface area (Å²) in [5.74, 6) is -1.17. The number of ether oxygens (including phenoxy) is 2. The molecule has 6 nitrogen and oxygen atoms in total. The van der Waals surface area contributed by atoms with Crippen LogP contribution in [0.2, 0.25) is 5.02 Å². The number of likely N-dealkylation sites (tertiary alicyclic amines) is 1. The number of carbonyl (C=O) groups is 2. The van der Waals surface area contributed by atoms with Crippen molar-refractivity contribution < 1.29 is 24.2 Å². The number of benzene rings is 2. The fourth-order valence-electron chi connectivity index (χ4n) is 3.97. The highest BCUT2D eigenvalue weighted by molar-refractivity contribution is 6.46. The summed E-state index contributed by atoms with van der Waals surface area (Å²) in [5.41, 5.74) is 2.91. The maximum Gasteiger partial charge on any atom is 0.295 e. The summed E-state index contributed by atoms with van der Waals surface area (Å²) < 4.78 is 10.5. The molecule has 1 aliphatic rings. The molecule has 32 heavy (non-hydrogen) atoms. The fraction of sp³-hybridized carbons (Fsp3) is 0.360. The van der Waals surface area contributed by atoms with Gasteiger partial charge in [0.15, 0.2) is 0 Å². The third kappa shape index (κ3) is 4.38. The molecule has 0 aliphatic carbocycles. The van der Waals surface area contributed by atoms with Crippen LogP contribution in [-0.2, 0) is 14.3 Å². The zero-order valence-electron chi connectivity index (χ0n) is 18.9. The van der Waals surface area contributed by atoms with Crippen LogP contribution in [0.3, 0.4) is 0 Å². The van der Waals surface area contributed by atoms with Crippen molar-refractivity contribution in [1.29, 1.82) is 0 Å². The van der Waals surface area contributed by atoms with Crippen molar-refractivity contribution in [3.63, 3.8) is 0 Å². The summed E-state index contributed by atoms with van der Waals surface area (Å²) in [6.45, 7) is 6.47. The van der Waals surface area contributed by atoms with E-state index in [4.69, 9.17) is 21.1 Å². The predicted octanol–water partition coefficient (Wildman–Crippen LogP) is 4.85. The highest BCUT2D eigenvalue weighted by Gasteiger charge is 2.46. The molecule has 1 fully saturated rings. The van der Waals surface area contributed by atoms with Gasteiger partial charge in [-0.05, 0) is 41.7 Å². The minimum Gasteiger partial charge on any atom is -0.507 e. The highest BCUT2D eigenvalue weighted by atomic mass is 35.5. The van der Waals surface area contributed by atoms with Crippen molar-refractivity contribution in [2.75, 3.05) is 27.4 Å². The fourth-order valence-corrected chi connectivity index (χ4v) is 4.32. The zero-order valence-corrected chi connectivity index (χ0v) is 19.7. The first kappa shape index (κ1) is 23.8. The molecule has 0 bridgehead atoms. The van der Waals surface area contributed by atoms with Gasteiger partial charge in [-0.25, -0.2) is 0 Å². The third-order valence-corrected chi connectivity index (χ3v) is 5.92. The molecule has 7 heteroatoms. The van der Waals surface area contributed by atoms with E-state index >= 15 is 0 Å². The van der Waals surface area contributed by atoms with Crippen molar-refractivity contribution in [2.45, 2.75) is 32.7 Å². The molecular weight excluding hydrogens is 430 g/mol.